The number of fused-ring (bicyclic) bond motifs is 1. The van der Waals surface area contributed by atoms with Crippen LogP contribution in [0.3, 0.4) is 0 Å². The number of halogens is 2. The van der Waals surface area contributed by atoms with Crippen LogP contribution in [0.1, 0.15) is 32.3 Å². The van der Waals surface area contributed by atoms with E-state index >= 15 is 0 Å². The first-order valence-electron chi connectivity index (χ1n) is 11.6. The maximum atomic E-state index is 13.0. The minimum atomic E-state index is -3.60. The van der Waals surface area contributed by atoms with E-state index in [0.717, 1.165) is 35.7 Å². The quantitative estimate of drug-likeness (QED) is 0.323. The van der Waals surface area contributed by atoms with Crippen molar-refractivity contribution in [2.24, 2.45) is 0 Å². The SMILES string of the molecule is CCN(CC)S(=O)(=O)c1ccc2c(c1)nc(SCc1ccc(OC(F)F)cc1)n2C[C@H]1CCCO1. The molecule has 0 spiro atoms. The van der Waals surface area contributed by atoms with E-state index in [1.165, 1.54) is 28.2 Å². The van der Waals surface area contributed by atoms with Gasteiger partial charge in [0.2, 0.25) is 10.0 Å². The van der Waals surface area contributed by atoms with Gasteiger partial charge in [-0.05, 0) is 48.7 Å². The van der Waals surface area contributed by atoms with E-state index in [9.17, 15) is 17.2 Å². The van der Waals surface area contributed by atoms with Crippen molar-refractivity contribution in [2.75, 3.05) is 19.7 Å². The summed E-state index contributed by atoms with van der Waals surface area (Å²) in [6, 6.07) is 11.6. The summed E-state index contributed by atoms with van der Waals surface area (Å²) in [6.07, 6.45) is 2.06. The summed E-state index contributed by atoms with van der Waals surface area (Å²) in [6.45, 7) is 2.93. The van der Waals surface area contributed by atoms with Crippen LogP contribution in [0.2, 0.25) is 0 Å². The van der Waals surface area contributed by atoms with Crippen LogP contribution in [0.4, 0.5) is 8.78 Å². The number of benzene rings is 2. The molecule has 1 aliphatic rings. The number of nitrogens with zero attached hydrogens (tertiary/aromatic N) is 3. The number of ether oxygens (including phenoxy) is 2. The highest BCUT2D eigenvalue weighted by Crippen LogP contribution is 2.31. The van der Waals surface area contributed by atoms with E-state index in [1.54, 1.807) is 24.3 Å². The van der Waals surface area contributed by atoms with Crippen LogP contribution in [-0.2, 0) is 27.1 Å². The molecule has 1 atom stereocenters. The predicted molar refractivity (Wildman–Crippen MR) is 131 cm³/mol. The van der Waals surface area contributed by atoms with Gasteiger partial charge in [0, 0.05) is 25.4 Å². The number of rotatable bonds is 11. The molecule has 1 aliphatic heterocycles. The molecule has 1 fully saturated rings. The van der Waals surface area contributed by atoms with Crippen molar-refractivity contribution in [3.63, 3.8) is 0 Å². The Morgan fingerprint density at radius 1 is 1.20 bits per heavy atom. The molecule has 1 aromatic heterocycles. The first-order valence-corrected chi connectivity index (χ1v) is 14.0. The van der Waals surface area contributed by atoms with Crippen LogP contribution in [0.5, 0.6) is 5.75 Å². The third kappa shape index (κ3) is 5.96. The Hall–Kier alpha value is -2.21. The first-order chi connectivity index (χ1) is 16.8. The third-order valence-electron chi connectivity index (χ3n) is 5.95. The zero-order chi connectivity index (χ0) is 25.0. The topological polar surface area (TPSA) is 73.7 Å². The van der Waals surface area contributed by atoms with Gasteiger partial charge in [0.1, 0.15) is 5.75 Å². The van der Waals surface area contributed by atoms with E-state index in [2.05, 4.69) is 9.30 Å². The Labute approximate surface area is 208 Å². The molecule has 7 nitrogen and oxygen atoms in total. The summed E-state index contributed by atoms with van der Waals surface area (Å²) in [7, 11) is -3.60. The summed E-state index contributed by atoms with van der Waals surface area (Å²) < 4.78 is 64.6. The normalized spacial score (nSPS) is 16.6. The van der Waals surface area contributed by atoms with Crippen LogP contribution in [0, 0.1) is 0 Å². The molecule has 0 radical (unpaired) electrons. The molecule has 0 N–H and O–H groups in total. The van der Waals surface area contributed by atoms with Crippen LogP contribution in [0.15, 0.2) is 52.5 Å². The van der Waals surface area contributed by atoms with Crippen molar-refractivity contribution in [3.8, 4) is 5.75 Å². The molecule has 2 aromatic carbocycles. The minimum absolute atomic E-state index is 0.0802. The largest absolute Gasteiger partial charge is 0.435 e. The molecule has 0 bridgehead atoms. The zero-order valence-corrected chi connectivity index (χ0v) is 21.3. The number of sulfonamides is 1. The molecule has 190 valence electrons. The van der Waals surface area contributed by atoms with Crippen LogP contribution in [-0.4, -0.2) is 54.7 Å². The summed E-state index contributed by atoms with van der Waals surface area (Å²) in [5.41, 5.74) is 2.39. The van der Waals surface area contributed by atoms with E-state index in [4.69, 9.17) is 9.72 Å². The molecule has 0 saturated carbocycles. The number of hydrogen-bond acceptors (Lipinski definition) is 6. The molecule has 1 saturated heterocycles. The van der Waals surface area contributed by atoms with Gasteiger partial charge >= 0.3 is 6.61 Å². The lowest BCUT2D eigenvalue weighted by molar-refractivity contribution is -0.0498. The van der Waals surface area contributed by atoms with Gasteiger partial charge in [0.05, 0.1) is 28.6 Å². The molecule has 0 aliphatic carbocycles. The van der Waals surface area contributed by atoms with Crippen LogP contribution in [0.25, 0.3) is 11.0 Å². The molecule has 11 heteroatoms. The van der Waals surface area contributed by atoms with Gasteiger partial charge < -0.3 is 14.0 Å². The van der Waals surface area contributed by atoms with Gasteiger partial charge in [-0.3, -0.25) is 0 Å². The average Bonchev–Trinajstić information content (AvgIpc) is 3.47. The monoisotopic (exact) mass is 525 g/mol. The number of hydrogen-bond donors (Lipinski definition) is 0. The molecular formula is C24H29F2N3O4S2. The summed E-state index contributed by atoms with van der Waals surface area (Å²) in [4.78, 5) is 5.00. The fourth-order valence-corrected chi connectivity index (χ4v) is 6.61. The van der Waals surface area contributed by atoms with Crippen LogP contribution < -0.4 is 4.74 Å². The molecule has 0 amide bonds. The highest BCUT2D eigenvalue weighted by atomic mass is 32.2. The summed E-state index contributed by atoms with van der Waals surface area (Å²) in [5, 5.41) is 0.751. The molecule has 4 rings (SSSR count). The molecule has 3 aromatic rings. The second-order valence-electron chi connectivity index (χ2n) is 8.19. The lowest BCUT2D eigenvalue weighted by Crippen LogP contribution is -2.30. The fraction of sp³-hybridized carbons (Fsp3) is 0.458. The smallest absolute Gasteiger partial charge is 0.387 e. The van der Waals surface area contributed by atoms with E-state index in [-0.39, 0.29) is 16.7 Å². The zero-order valence-electron chi connectivity index (χ0n) is 19.7. The molecule has 2 heterocycles. The Morgan fingerprint density at radius 2 is 1.94 bits per heavy atom. The van der Waals surface area contributed by atoms with Crippen molar-refractivity contribution >= 4 is 32.8 Å². The maximum absolute atomic E-state index is 13.0. The van der Waals surface area contributed by atoms with E-state index < -0.39 is 16.6 Å². The van der Waals surface area contributed by atoms with Crippen LogP contribution >= 0.6 is 11.8 Å². The lowest BCUT2D eigenvalue weighted by Gasteiger charge is -2.18. The molecule has 0 unspecified atom stereocenters. The Bertz CT molecular complexity index is 1240. The maximum Gasteiger partial charge on any atom is 0.387 e. The summed E-state index contributed by atoms with van der Waals surface area (Å²) in [5.74, 6) is 0.676. The first kappa shape index (κ1) is 25.9. The second-order valence-corrected chi connectivity index (χ2v) is 11.1. The van der Waals surface area contributed by atoms with E-state index in [1.807, 2.05) is 19.9 Å². The van der Waals surface area contributed by atoms with Crippen molar-refractivity contribution in [1.29, 1.82) is 0 Å². The Kier molecular flexibility index (Phi) is 8.31. The average molecular weight is 526 g/mol. The molecule has 35 heavy (non-hydrogen) atoms. The standard InChI is InChI=1S/C24H29F2N3O4S2/c1-3-28(4-2)35(30,31)20-11-12-22-21(14-20)27-24(29(22)15-19-6-5-13-32-19)34-16-17-7-9-18(10-8-17)33-23(25)26/h7-12,14,19,23H,3-6,13,15-16H2,1-2H3/t19-/m1/s1. The highest BCUT2D eigenvalue weighted by molar-refractivity contribution is 7.98. The summed E-state index contributed by atoms with van der Waals surface area (Å²) >= 11 is 1.51. The van der Waals surface area contributed by atoms with Gasteiger partial charge in [-0.15, -0.1) is 0 Å². The van der Waals surface area contributed by atoms with E-state index in [0.29, 0.717) is 30.9 Å². The lowest BCUT2D eigenvalue weighted by atomic mass is 10.2. The molecular weight excluding hydrogens is 496 g/mol. The van der Waals surface area contributed by atoms with Crippen molar-refractivity contribution in [3.05, 3.63) is 48.0 Å². The van der Waals surface area contributed by atoms with Crippen molar-refractivity contribution in [1.82, 2.24) is 13.9 Å². The minimum Gasteiger partial charge on any atom is -0.435 e. The van der Waals surface area contributed by atoms with Crippen molar-refractivity contribution < 1.29 is 26.7 Å². The van der Waals surface area contributed by atoms with Gasteiger partial charge in [-0.1, -0.05) is 37.7 Å². The predicted octanol–water partition coefficient (Wildman–Crippen LogP) is 5.14. The fourth-order valence-electron chi connectivity index (χ4n) is 4.15. The Balaban J connectivity index is 1.62. The number of imidazole rings is 1. The van der Waals surface area contributed by atoms with Gasteiger partial charge in [0.25, 0.3) is 0 Å². The van der Waals surface area contributed by atoms with Gasteiger partial charge in [-0.2, -0.15) is 13.1 Å². The second kappa shape index (κ2) is 11.2. The number of alkyl halides is 2. The highest BCUT2D eigenvalue weighted by Gasteiger charge is 2.24. The van der Waals surface area contributed by atoms with Crippen molar-refractivity contribution in [2.45, 2.75) is 61.8 Å². The van der Waals surface area contributed by atoms with Gasteiger partial charge in [0.15, 0.2) is 5.16 Å². The number of thioether (sulfide) groups is 1. The Morgan fingerprint density at radius 3 is 2.57 bits per heavy atom. The van der Waals surface area contributed by atoms with Gasteiger partial charge in [-0.25, -0.2) is 13.4 Å². The third-order valence-corrected chi connectivity index (χ3v) is 9.05. The number of aromatic nitrogens is 2.